The first-order valence-electron chi connectivity index (χ1n) is 3.35. The van der Waals surface area contributed by atoms with E-state index >= 15 is 0 Å². The second-order valence-corrected chi connectivity index (χ2v) is 2.58. The lowest BCUT2D eigenvalue weighted by atomic mass is 10.4. The van der Waals surface area contributed by atoms with Gasteiger partial charge in [-0.25, -0.2) is 0 Å². The van der Waals surface area contributed by atoms with Crippen molar-refractivity contribution in [2.45, 2.75) is 0 Å². The van der Waals surface area contributed by atoms with Gasteiger partial charge in [0, 0.05) is 0 Å². The minimum atomic E-state index is 0.0106. The molecule has 0 aliphatic carbocycles. The Bertz CT molecular complexity index is 158. The van der Waals surface area contributed by atoms with Gasteiger partial charge in [0.2, 0.25) is 4.43 Å². The topological polar surface area (TPSA) is 72.1 Å². The van der Waals surface area contributed by atoms with Gasteiger partial charge in [0.15, 0.2) is 0 Å². The summed E-state index contributed by atoms with van der Waals surface area (Å²) in [7, 11) is 1.50. The Balaban J connectivity index is 0. The zero-order valence-corrected chi connectivity index (χ0v) is 8.51. The predicted molar refractivity (Wildman–Crippen MR) is 47.9 cm³/mol. The normalized spacial score (nSPS) is 7.08. The molecule has 3 nitrogen and oxygen atoms in total. The third-order valence-electron chi connectivity index (χ3n) is 0.992. The van der Waals surface area contributed by atoms with Gasteiger partial charge in [-0.2, -0.15) is 14.2 Å². The van der Waals surface area contributed by atoms with Crippen molar-refractivity contribution in [3.63, 3.8) is 0 Å². The molecule has 0 bridgehead atoms. The Kier molecular flexibility index (Phi) is 15.6. The highest BCUT2D eigenvalue weighted by atomic mass is 27.1. The lowest BCUT2D eigenvalue weighted by Gasteiger charge is -1.70. The molecule has 1 rings (SSSR count). The summed E-state index contributed by atoms with van der Waals surface area (Å²) >= 11 is 0.0106. The van der Waals surface area contributed by atoms with E-state index < -0.39 is 0 Å². The van der Waals surface area contributed by atoms with E-state index in [0.29, 0.717) is 0 Å². The lowest BCUT2D eigenvalue weighted by Crippen LogP contribution is -2.21. The van der Waals surface area contributed by atoms with Crippen LogP contribution in [0, 0.1) is 0 Å². The van der Waals surface area contributed by atoms with Crippen LogP contribution in [0.5, 0.6) is 0 Å². The Morgan fingerprint density at radius 1 is 1.00 bits per heavy atom. The minimum Gasteiger partial charge on any atom is -0.857 e. The summed E-state index contributed by atoms with van der Waals surface area (Å²) in [5.41, 5.74) is 0. The summed E-state index contributed by atoms with van der Waals surface area (Å²) in [4.78, 5) is 0. The standard InChI is InChI=1S/C6H5.2CH3O.Al.H2N/c1-2-4-6-5-3-1;2*1-2;;/h1-5H;2*1H3;;1H2/q;2*-1;+3;-1. The van der Waals surface area contributed by atoms with Crippen LogP contribution in [0.3, 0.4) is 0 Å². The number of hydrogen-bond donors (Lipinski definition) is 1. The van der Waals surface area contributed by atoms with E-state index in [-0.39, 0.29) is 15.4 Å². The summed E-state index contributed by atoms with van der Waals surface area (Å²) in [5.74, 6) is 0. The summed E-state index contributed by atoms with van der Waals surface area (Å²) in [6.45, 7) is 0. The van der Waals surface area contributed by atoms with Gasteiger partial charge in [-0.1, -0.05) is 18.2 Å². The maximum Gasteiger partial charge on any atom is 1.41 e. The van der Waals surface area contributed by atoms with Crippen LogP contribution in [0.15, 0.2) is 30.3 Å². The second-order valence-electron chi connectivity index (χ2n) is 1.58. The lowest BCUT2D eigenvalue weighted by molar-refractivity contribution is -0.325. The number of rotatable bonds is 1. The van der Waals surface area contributed by atoms with E-state index in [4.69, 9.17) is 14.9 Å². The number of nitrogens with two attached hydrogens (primary N) is 1. The molecular formula is C8H13AlNO2. The van der Waals surface area contributed by atoms with Crippen molar-refractivity contribution in [1.82, 2.24) is 0 Å². The largest absolute Gasteiger partial charge is 1.41 e. The van der Waals surface area contributed by atoms with Gasteiger partial charge < -0.3 is 10.2 Å². The number of hydrogen-bond acceptors (Lipinski definition) is 3. The molecule has 0 atom stereocenters. The molecule has 12 heavy (non-hydrogen) atoms. The summed E-state index contributed by atoms with van der Waals surface area (Å²) in [6.07, 6.45) is 0. The van der Waals surface area contributed by atoms with E-state index in [2.05, 4.69) is 12.1 Å². The summed E-state index contributed by atoms with van der Waals surface area (Å²) in [5, 5.41) is 16.5. The second kappa shape index (κ2) is 13.2. The minimum absolute atomic E-state index is 0.0106. The Hall–Kier alpha value is -0.368. The van der Waals surface area contributed by atoms with Crippen molar-refractivity contribution in [2.24, 2.45) is 4.72 Å². The van der Waals surface area contributed by atoms with Crippen molar-refractivity contribution in [3.05, 3.63) is 30.3 Å². The smallest absolute Gasteiger partial charge is 0.857 e. The van der Waals surface area contributed by atoms with Crippen molar-refractivity contribution in [2.75, 3.05) is 14.2 Å². The van der Waals surface area contributed by atoms with Crippen molar-refractivity contribution in [3.8, 4) is 0 Å². The highest BCUT2D eigenvalue weighted by Gasteiger charge is 2.43. The molecule has 0 aliphatic heterocycles. The molecule has 0 aromatic heterocycles. The first-order chi connectivity index (χ1) is 5.93. The molecule has 1 aromatic carbocycles. The molecule has 5 radical (unpaired) electrons. The third-order valence-corrected chi connectivity index (χ3v) is 1.76. The first kappa shape index (κ1) is 14.2. The Morgan fingerprint density at radius 2 is 1.42 bits per heavy atom. The van der Waals surface area contributed by atoms with E-state index in [9.17, 15) is 0 Å². The fraction of sp³-hybridized carbons (Fsp3) is 0.250. The Morgan fingerprint density at radius 3 is 1.67 bits per heavy atom. The molecule has 0 aliphatic rings. The van der Waals surface area contributed by atoms with Gasteiger partial charge in [-0.15, -0.1) is 4.72 Å². The summed E-state index contributed by atoms with van der Waals surface area (Å²) < 4.78 is 6.70. The van der Waals surface area contributed by atoms with Crippen molar-refractivity contribution >= 4 is 19.9 Å². The molecule has 65 valence electrons. The molecule has 0 heterocycles. The van der Waals surface area contributed by atoms with Gasteiger partial charge in [0.05, 0.1) is 0 Å². The highest BCUT2D eigenvalue weighted by Crippen LogP contribution is 1.77. The predicted octanol–water partition coefficient (Wildman–Crippen LogP) is -2.16. The molecule has 0 saturated heterocycles. The monoisotopic (exact) mass is 182 g/mol. The highest BCUT2D eigenvalue weighted by molar-refractivity contribution is 6.49. The molecule has 4 heteroatoms. The number of benzene rings is 1. The molecule has 0 spiro atoms. The zero-order chi connectivity index (χ0) is 9.82. The van der Waals surface area contributed by atoms with Crippen LogP contribution in [0.25, 0.3) is 0 Å². The van der Waals surface area contributed by atoms with Gasteiger partial charge >= 0.3 is 15.4 Å². The zero-order valence-electron chi connectivity index (χ0n) is 7.36. The van der Waals surface area contributed by atoms with Crippen LogP contribution in [0.1, 0.15) is 0 Å². The molecule has 0 amide bonds. The fourth-order valence-electron chi connectivity index (χ4n) is 0.564. The van der Waals surface area contributed by atoms with Crippen LogP contribution in [-0.4, -0.2) is 29.7 Å². The first-order valence-corrected chi connectivity index (χ1v) is 4.59. The quantitative estimate of drug-likeness (QED) is 0.503. The molecule has 0 saturated carbocycles. The van der Waals surface area contributed by atoms with Gasteiger partial charge in [0.25, 0.3) is 0 Å². The van der Waals surface area contributed by atoms with Crippen LogP contribution in [0.2, 0.25) is 0 Å². The van der Waals surface area contributed by atoms with Crippen molar-refractivity contribution in [1.29, 1.82) is 0 Å². The van der Waals surface area contributed by atoms with Crippen LogP contribution >= 0.6 is 0 Å². The molecule has 0 fully saturated rings. The van der Waals surface area contributed by atoms with E-state index in [1.54, 1.807) is 0 Å². The summed E-state index contributed by atoms with van der Waals surface area (Å²) in [6, 6.07) is 10.1. The van der Waals surface area contributed by atoms with Gasteiger partial charge in [0.1, 0.15) is 0 Å². The fourth-order valence-corrected chi connectivity index (χ4v) is 1.01. The maximum absolute atomic E-state index is 8.25. The van der Waals surface area contributed by atoms with Crippen molar-refractivity contribution < 1.29 is 10.2 Å². The van der Waals surface area contributed by atoms with Crippen LogP contribution < -0.4 is 19.4 Å². The van der Waals surface area contributed by atoms with E-state index in [1.165, 1.54) is 4.43 Å². The average Bonchev–Trinajstić information content (AvgIpc) is 2.25. The van der Waals surface area contributed by atoms with Crippen LogP contribution in [-0.2, 0) is 0 Å². The Labute approximate surface area is 79.8 Å². The molecule has 2 N–H and O–H groups in total. The molecular weight excluding hydrogens is 169 g/mol. The molecule has 1 aromatic rings. The van der Waals surface area contributed by atoms with E-state index in [1.807, 2.05) is 18.2 Å². The average molecular weight is 182 g/mol. The maximum atomic E-state index is 8.25. The third kappa shape index (κ3) is 7.74. The SMILES string of the molecule is C[O-].C[O-].[NH2][Al+2][c]1ccccc1. The van der Waals surface area contributed by atoms with Gasteiger partial charge in [-0.05, 0) is 12.1 Å². The van der Waals surface area contributed by atoms with Crippen LogP contribution in [0.4, 0.5) is 0 Å². The molecule has 0 unspecified atom stereocenters. The van der Waals surface area contributed by atoms with Gasteiger partial charge in [-0.3, -0.25) is 0 Å². The van der Waals surface area contributed by atoms with E-state index in [0.717, 1.165) is 14.2 Å².